The smallest absolute Gasteiger partial charge is 0.253 e. The Morgan fingerprint density at radius 3 is 2.76 bits per heavy atom. The predicted molar refractivity (Wildman–Crippen MR) is 87.2 cm³/mol. The van der Waals surface area contributed by atoms with Gasteiger partial charge in [0.05, 0.1) is 17.1 Å². The minimum atomic E-state index is -0.268. The van der Waals surface area contributed by atoms with E-state index >= 15 is 0 Å². The highest BCUT2D eigenvalue weighted by molar-refractivity contribution is 6.34. The number of nitrogens with zero attached hydrogens (tertiary/aromatic N) is 3. The van der Waals surface area contributed by atoms with Crippen molar-refractivity contribution in [3.05, 3.63) is 40.9 Å². The number of carbonyl (C=O) groups is 1. The highest BCUT2D eigenvalue weighted by Crippen LogP contribution is 2.18. The number of aromatic nitrogens is 3. The summed E-state index contributed by atoms with van der Waals surface area (Å²) in [5.74, 6) is 0.429. The fourth-order valence-corrected chi connectivity index (χ4v) is 1.92. The minimum absolute atomic E-state index is 0. The summed E-state index contributed by atoms with van der Waals surface area (Å²) in [7, 11) is 0. The first-order valence-electron chi connectivity index (χ1n) is 5.81. The molecule has 1 heterocycles. The molecule has 0 spiro atoms. The number of aryl methyl sites for hydroxylation is 1. The number of benzene rings is 1. The van der Waals surface area contributed by atoms with E-state index in [-0.39, 0.29) is 30.7 Å². The van der Waals surface area contributed by atoms with E-state index in [0.717, 1.165) is 6.54 Å². The molecular weight excluding hydrogens is 337 g/mol. The summed E-state index contributed by atoms with van der Waals surface area (Å²) in [6.45, 7) is 3.03. The Hall–Kier alpha value is -1.50. The Balaban J connectivity index is 0.00000200. The number of nitrogens with two attached hydrogens (primary N) is 1. The van der Waals surface area contributed by atoms with Crippen LogP contribution >= 0.6 is 36.4 Å². The largest absolute Gasteiger partial charge is 0.399 e. The maximum Gasteiger partial charge on any atom is 0.253 e. The van der Waals surface area contributed by atoms with Crippen molar-refractivity contribution in [1.82, 2.24) is 20.1 Å². The van der Waals surface area contributed by atoms with Gasteiger partial charge in [-0.25, -0.2) is 0 Å². The van der Waals surface area contributed by atoms with Gasteiger partial charge in [0.25, 0.3) is 5.91 Å². The Bertz CT molecular complexity index is 602. The molecule has 1 amide bonds. The summed E-state index contributed by atoms with van der Waals surface area (Å²) in [6.07, 6.45) is 1.62. The molecule has 2 aromatic rings. The van der Waals surface area contributed by atoms with E-state index in [1.807, 2.05) is 11.5 Å². The molecule has 2 rings (SSSR count). The topological polar surface area (TPSA) is 85.8 Å². The number of hydrogen-bond acceptors (Lipinski definition) is 4. The maximum atomic E-state index is 12.0. The average Bonchev–Trinajstić information content (AvgIpc) is 2.83. The third-order valence-corrected chi connectivity index (χ3v) is 2.99. The third-order valence-electron chi connectivity index (χ3n) is 2.68. The minimum Gasteiger partial charge on any atom is -0.399 e. The summed E-state index contributed by atoms with van der Waals surface area (Å²) in [6, 6.07) is 4.78. The van der Waals surface area contributed by atoms with Gasteiger partial charge in [0.15, 0.2) is 5.82 Å². The molecule has 0 atom stereocenters. The molecule has 0 aliphatic rings. The first-order chi connectivity index (χ1) is 9.11. The first kappa shape index (κ1) is 19.5. The molecule has 0 fully saturated rings. The zero-order valence-corrected chi connectivity index (χ0v) is 13.6. The fourth-order valence-electron chi connectivity index (χ4n) is 1.65. The predicted octanol–water partition coefficient (Wildman–Crippen LogP) is 2.31. The summed E-state index contributed by atoms with van der Waals surface area (Å²) < 4.78 is 1.85. The van der Waals surface area contributed by atoms with Gasteiger partial charge >= 0.3 is 0 Å². The van der Waals surface area contributed by atoms with Crippen LogP contribution in [0.2, 0.25) is 5.02 Å². The van der Waals surface area contributed by atoms with Crippen molar-refractivity contribution in [1.29, 1.82) is 0 Å². The summed E-state index contributed by atoms with van der Waals surface area (Å²) in [5, 5.41) is 10.8. The Morgan fingerprint density at radius 2 is 2.14 bits per heavy atom. The monoisotopic (exact) mass is 351 g/mol. The molecule has 0 saturated heterocycles. The van der Waals surface area contributed by atoms with Crippen molar-refractivity contribution in [2.45, 2.75) is 20.0 Å². The number of rotatable bonds is 4. The van der Waals surface area contributed by atoms with Crippen molar-refractivity contribution in [2.24, 2.45) is 0 Å². The molecule has 0 unspecified atom stereocenters. The zero-order chi connectivity index (χ0) is 13.8. The molecule has 0 bridgehead atoms. The van der Waals surface area contributed by atoms with Gasteiger partial charge in [-0.1, -0.05) is 11.6 Å². The van der Waals surface area contributed by atoms with E-state index in [1.165, 1.54) is 0 Å². The number of amides is 1. The van der Waals surface area contributed by atoms with Crippen LogP contribution in [-0.2, 0) is 13.1 Å². The highest BCUT2D eigenvalue weighted by atomic mass is 35.5. The van der Waals surface area contributed by atoms with Gasteiger partial charge in [0.1, 0.15) is 6.33 Å². The molecule has 3 N–H and O–H groups in total. The van der Waals surface area contributed by atoms with Gasteiger partial charge in [0, 0.05) is 12.2 Å². The molecule has 1 aromatic carbocycles. The van der Waals surface area contributed by atoms with Gasteiger partial charge in [-0.15, -0.1) is 35.0 Å². The standard InChI is InChI=1S/C12H14ClN5O.2ClH/c1-2-18-7-16-17-11(18)6-15-12(19)9-4-3-8(14)5-10(9)13;;/h3-5,7H,2,6,14H2,1H3,(H,15,19);2*1H. The lowest BCUT2D eigenvalue weighted by Gasteiger charge is -2.07. The van der Waals surface area contributed by atoms with Crippen LogP contribution in [0.3, 0.4) is 0 Å². The normalized spacial score (nSPS) is 9.43. The van der Waals surface area contributed by atoms with Crippen LogP contribution in [0.4, 0.5) is 5.69 Å². The van der Waals surface area contributed by atoms with Crippen molar-refractivity contribution >= 4 is 48.0 Å². The molecule has 21 heavy (non-hydrogen) atoms. The maximum absolute atomic E-state index is 12.0. The van der Waals surface area contributed by atoms with Crippen molar-refractivity contribution in [2.75, 3.05) is 5.73 Å². The third kappa shape index (κ3) is 4.77. The fraction of sp³-hybridized carbons (Fsp3) is 0.250. The van der Waals surface area contributed by atoms with Gasteiger partial charge in [0.2, 0.25) is 0 Å². The van der Waals surface area contributed by atoms with Crippen molar-refractivity contribution in [3.63, 3.8) is 0 Å². The lowest BCUT2D eigenvalue weighted by molar-refractivity contribution is 0.0949. The quantitative estimate of drug-likeness (QED) is 0.827. The van der Waals surface area contributed by atoms with E-state index in [2.05, 4.69) is 15.5 Å². The summed E-state index contributed by atoms with van der Waals surface area (Å²) in [4.78, 5) is 12.0. The van der Waals surface area contributed by atoms with Crippen LogP contribution in [0.5, 0.6) is 0 Å². The van der Waals surface area contributed by atoms with Gasteiger partial charge < -0.3 is 15.6 Å². The lowest BCUT2D eigenvalue weighted by Crippen LogP contribution is -2.25. The molecule has 0 aliphatic carbocycles. The first-order valence-corrected chi connectivity index (χ1v) is 6.19. The van der Waals surface area contributed by atoms with Crippen LogP contribution in [0.15, 0.2) is 24.5 Å². The van der Waals surface area contributed by atoms with E-state index < -0.39 is 0 Å². The molecule has 0 radical (unpaired) electrons. The second kappa shape index (κ2) is 8.71. The number of nitrogens with one attached hydrogen (secondary N) is 1. The van der Waals surface area contributed by atoms with Crippen LogP contribution in [0.1, 0.15) is 23.1 Å². The molecular formula is C12H16Cl3N5O. The number of anilines is 1. The average molecular weight is 353 g/mol. The zero-order valence-electron chi connectivity index (χ0n) is 11.2. The second-order valence-corrected chi connectivity index (χ2v) is 4.36. The van der Waals surface area contributed by atoms with Crippen LogP contribution < -0.4 is 11.1 Å². The van der Waals surface area contributed by atoms with Gasteiger partial charge in [-0.3, -0.25) is 4.79 Å². The van der Waals surface area contributed by atoms with Crippen molar-refractivity contribution < 1.29 is 4.79 Å². The number of nitrogen functional groups attached to an aromatic ring is 1. The molecule has 1 aromatic heterocycles. The van der Waals surface area contributed by atoms with Gasteiger partial charge in [-0.2, -0.15) is 0 Å². The van der Waals surface area contributed by atoms with Crippen LogP contribution in [0.25, 0.3) is 0 Å². The molecule has 9 heteroatoms. The molecule has 0 saturated carbocycles. The van der Waals surface area contributed by atoms with Crippen LogP contribution in [-0.4, -0.2) is 20.7 Å². The summed E-state index contributed by atoms with van der Waals surface area (Å²) >= 11 is 5.97. The Labute approximate surface area is 139 Å². The molecule has 0 aliphatic heterocycles. The highest BCUT2D eigenvalue weighted by Gasteiger charge is 2.11. The van der Waals surface area contributed by atoms with Gasteiger partial charge in [-0.05, 0) is 25.1 Å². The Kier molecular flexibility index (Phi) is 8.09. The lowest BCUT2D eigenvalue weighted by atomic mass is 10.2. The summed E-state index contributed by atoms with van der Waals surface area (Å²) in [5.41, 5.74) is 6.49. The van der Waals surface area contributed by atoms with E-state index in [4.69, 9.17) is 17.3 Å². The SMILES string of the molecule is CCn1cnnc1CNC(=O)c1ccc(N)cc1Cl.Cl.Cl. The number of halogens is 3. The number of carbonyl (C=O) groups excluding carboxylic acids is 1. The van der Waals surface area contributed by atoms with E-state index in [1.54, 1.807) is 24.5 Å². The second-order valence-electron chi connectivity index (χ2n) is 3.96. The van der Waals surface area contributed by atoms with Crippen LogP contribution in [0, 0.1) is 0 Å². The molecule has 6 nitrogen and oxygen atoms in total. The number of hydrogen-bond donors (Lipinski definition) is 2. The van der Waals surface area contributed by atoms with E-state index in [9.17, 15) is 4.79 Å². The van der Waals surface area contributed by atoms with E-state index in [0.29, 0.717) is 28.6 Å². The Morgan fingerprint density at radius 1 is 1.43 bits per heavy atom. The van der Waals surface area contributed by atoms with Crippen molar-refractivity contribution in [3.8, 4) is 0 Å². The molecule has 116 valence electrons.